The Kier molecular flexibility index (Phi) is 3.28. The van der Waals surface area contributed by atoms with Gasteiger partial charge in [-0.15, -0.1) is 0 Å². The normalized spacial score (nSPS) is 10.9. The van der Waals surface area contributed by atoms with Gasteiger partial charge in [-0.3, -0.25) is 0 Å². The van der Waals surface area contributed by atoms with Crippen LogP contribution in [0.3, 0.4) is 0 Å². The molecule has 0 spiro atoms. The second-order valence-corrected chi connectivity index (χ2v) is 4.02. The Morgan fingerprint density at radius 1 is 1.53 bits per heavy atom. The van der Waals surface area contributed by atoms with E-state index in [1.165, 1.54) is 12.1 Å². The van der Waals surface area contributed by atoms with E-state index >= 15 is 0 Å². The first kappa shape index (κ1) is 11.5. The number of nitrogens with two attached hydrogens (primary N) is 1. The van der Waals surface area contributed by atoms with Gasteiger partial charge in [0.05, 0.1) is 5.56 Å². The molecule has 0 aliphatic rings. The maximum Gasteiger partial charge on any atom is 0.141 e. The molecule has 0 saturated heterocycles. The summed E-state index contributed by atoms with van der Waals surface area (Å²) in [6, 6.07) is 6.13. The Labute approximate surface area is 88.7 Å². The topological polar surface area (TPSA) is 61.8 Å². The van der Waals surface area contributed by atoms with Gasteiger partial charge in [-0.2, -0.15) is 5.26 Å². The lowest BCUT2D eigenvalue weighted by atomic mass is 10.1. The molecule has 0 aliphatic heterocycles. The van der Waals surface area contributed by atoms with Crippen LogP contribution in [0.2, 0.25) is 0 Å². The molecule has 1 rings (SSSR count). The molecular formula is C11H14FN3. The monoisotopic (exact) mass is 207 g/mol. The van der Waals surface area contributed by atoms with Crippen molar-refractivity contribution in [1.29, 1.82) is 5.26 Å². The van der Waals surface area contributed by atoms with Crippen LogP contribution in [-0.2, 0) is 0 Å². The van der Waals surface area contributed by atoms with Crippen molar-refractivity contribution >= 4 is 5.69 Å². The van der Waals surface area contributed by atoms with E-state index in [9.17, 15) is 4.39 Å². The van der Waals surface area contributed by atoms with Crippen LogP contribution in [0.15, 0.2) is 18.2 Å². The molecule has 15 heavy (non-hydrogen) atoms. The quantitative estimate of drug-likeness (QED) is 0.795. The number of hydrogen-bond acceptors (Lipinski definition) is 3. The molecule has 0 bridgehead atoms. The number of halogens is 1. The van der Waals surface area contributed by atoms with Gasteiger partial charge in [0.15, 0.2) is 0 Å². The van der Waals surface area contributed by atoms with Crippen molar-refractivity contribution < 1.29 is 4.39 Å². The molecule has 0 atom stereocenters. The van der Waals surface area contributed by atoms with Gasteiger partial charge in [-0.05, 0) is 32.0 Å². The summed E-state index contributed by atoms with van der Waals surface area (Å²) in [5.74, 6) is -0.506. The van der Waals surface area contributed by atoms with Crippen LogP contribution in [0, 0.1) is 17.1 Å². The lowest BCUT2D eigenvalue weighted by Crippen LogP contribution is -2.39. The van der Waals surface area contributed by atoms with Crippen LogP contribution in [0.25, 0.3) is 0 Å². The van der Waals surface area contributed by atoms with E-state index in [0.717, 1.165) is 0 Å². The summed E-state index contributed by atoms with van der Waals surface area (Å²) in [7, 11) is 0. The SMILES string of the molecule is CC(C)(CN)Nc1ccc(F)c(C#N)c1. The zero-order chi connectivity index (χ0) is 11.5. The Hall–Kier alpha value is -1.60. The molecule has 0 radical (unpaired) electrons. The van der Waals surface area contributed by atoms with Crippen molar-refractivity contribution in [2.75, 3.05) is 11.9 Å². The molecule has 3 nitrogen and oxygen atoms in total. The predicted molar refractivity (Wildman–Crippen MR) is 57.9 cm³/mol. The molecule has 0 unspecified atom stereocenters. The number of nitrogens with zero attached hydrogens (tertiary/aromatic N) is 1. The molecule has 4 heteroatoms. The summed E-state index contributed by atoms with van der Waals surface area (Å²) in [5.41, 5.74) is 6.01. The molecule has 0 heterocycles. The van der Waals surface area contributed by atoms with Crippen molar-refractivity contribution in [2.45, 2.75) is 19.4 Å². The zero-order valence-electron chi connectivity index (χ0n) is 8.84. The van der Waals surface area contributed by atoms with Gasteiger partial charge in [-0.25, -0.2) is 4.39 Å². The van der Waals surface area contributed by atoms with Crippen molar-refractivity contribution in [1.82, 2.24) is 0 Å². The smallest absolute Gasteiger partial charge is 0.141 e. The van der Waals surface area contributed by atoms with E-state index in [0.29, 0.717) is 12.2 Å². The molecule has 80 valence electrons. The van der Waals surface area contributed by atoms with Crippen molar-refractivity contribution in [3.63, 3.8) is 0 Å². The fourth-order valence-electron chi connectivity index (χ4n) is 1.13. The molecule has 1 aromatic rings. The van der Waals surface area contributed by atoms with Crippen LogP contribution in [0.4, 0.5) is 10.1 Å². The van der Waals surface area contributed by atoms with Crippen molar-refractivity contribution in [3.05, 3.63) is 29.6 Å². The highest BCUT2D eigenvalue weighted by Crippen LogP contribution is 2.17. The largest absolute Gasteiger partial charge is 0.379 e. The Morgan fingerprint density at radius 3 is 2.73 bits per heavy atom. The summed E-state index contributed by atoms with van der Waals surface area (Å²) in [4.78, 5) is 0. The minimum atomic E-state index is -0.506. The summed E-state index contributed by atoms with van der Waals surface area (Å²) in [6.07, 6.45) is 0. The van der Waals surface area contributed by atoms with Crippen LogP contribution in [-0.4, -0.2) is 12.1 Å². The molecule has 3 N–H and O–H groups in total. The van der Waals surface area contributed by atoms with Gasteiger partial charge in [0.1, 0.15) is 11.9 Å². The van der Waals surface area contributed by atoms with Gasteiger partial charge in [-0.1, -0.05) is 0 Å². The first-order valence-electron chi connectivity index (χ1n) is 4.66. The van der Waals surface area contributed by atoms with Gasteiger partial charge < -0.3 is 11.1 Å². The fourth-order valence-corrected chi connectivity index (χ4v) is 1.13. The third-order valence-corrected chi connectivity index (χ3v) is 2.08. The lowest BCUT2D eigenvalue weighted by molar-refractivity contribution is 0.579. The Bertz CT molecular complexity index is 393. The lowest BCUT2D eigenvalue weighted by Gasteiger charge is -2.25. The van der Waals surface area contributed by atoms with Gasteiger partial charge in [0.2, 0.25) is 0 Å². The standard InChI is InChI=1S/C11H14FN3/c1-11(2,7-14)15-9-3-4-10(12)8(5-9)6-13/h3-5,15H,7,14H2,1-2H3. The molecule has 0 amide bonds. The van der Waals surface area contributed by atoms with Crippen molar-refractivity contribution in [2.24, 2.45) is 5.73 Å². The first-order chi connectivity index (χ1) is 6.98. The Balaban J connectivity index is 2.94. The summed E-state index contributed by atoms with van der Waals surface area (Å²) >= 11 is 0. The second-order valence-electron chi connectivity index (χ2n) is 4.02. The number of hydrogen-bond donors (Lipinski definition) is 2. The average molecular weight is 207 g/mol. The number of anilines is 1. The third-order valence-electron chi connectivity index (χ3n) is 2.08. The van der Waals surface area contributed by atoms with Gasteiger partial charge >= 0.3 is 0 Å². The highest BCUT2D eigenvalue weighted by atomic mass is 19.1. The van der Waals surface area contributed by atoms with Crippen molar-refractivity contribution in [3.8, 4) is 6.07 Å². The fraction of sp³-hybridized carbons (Fsp3) is 0.364. The highest BCUT2D eigenvalue weighted by molar-refractivity contribution is 5.51. The van der Waals surface area contributed by atoms with Crippen LogP contribution >= 0.6 is 0 Å². The Morgan fingerprint density at radius 2 is 2.20 bits per heavy atom. The van der Waals surface area contributed by atoms with E-state index in [4.69, 9.17) is 11.0 Å². The number of rotatable bonds is 3. The van der Waals surface area contributed by atoms with E-state index < -0.39 is 5.82 Å². The summed E-state index contributed by atoms with van der Waals surface area (Å²) in [5, 5.41) is 11.8. The van der Waals surface area contributed by atoms with Crippen LogP contribution < -0.4 is 11.1 Å². The van der Waals surface area contributed by atoms with E-state index in [2.05, 4.69) is 5.32 Å². The number of benzene rings is 1. The minimum Gasteiger partial charge on any atom is -0.379 e. The first-order valence-corrected chi connectivity index (χ1v) is 4.66. The summed E-state index contributed by atoms with van der Waals surface area (Å²) < 4.78 is 13.0. The van der Waals surface area contributed by atoms with Crippen LogP contribution in [0.5, 0.6) is 0 Å². The highest BCUT2D eigenvalue weighted by Gasteiger charge is 2.15. The maximum atomic E-state index is 13.0. The van der Waals surface area contributed by atoms with E-state index in [-0.39, 0.29) is 11.1 Å². The number of nitriles is 1. The van der Waals surface area contributed by atoms with Crippen LogP contribution in [0.1, 0.15) is 19.4 Å². The van der Waals surface area contributed by atoms with Gasteiger partial charge in [0, 0.05) is 17.8 Å². The molecule has 0 saturated carbocycles. The van der Waals surface area contributed by atoms with E-state index in [1.807, 2.05) is 13.8 Å². The van der Waals surface area contributed by atoms with E-state index in [1.54, 1.807) is 12.1 Å². The molecule has 0 aromatic heterocycles. The predicted octanol–water partition coefficient (Wildman–Crippen LogP) is 1.85. The maximum absolute atomic E-state index is 13.0. The number of nitrogens with one attached hydrogen (secondary N) is 1. The second kappa shape index (κ2) is 4.28. The third kappa shape index (κ3) is 2.93. The minimum absolute atomic E-state index is 0.0350. The average Bonchev–Trinajstić information content (AvgIpc) is 2.20. The zero-order valence-corrected chi connectivity index (χ0v) is 8.84. The molecule has 0 fully saturated rings. The molecule has 1 aromatic carbocycles. The van der Waals surface area contributed by atoms with Gasteiger partial charge in [0.25, 0.3) is 0 Å². The summed E-state index contributed by atoms with van der Waals surface area (Å²) in [6.45, 7) is 4.32. The molecular weight excluding hydrogens is 193 g/mol. The molecule has 0 aliphatic carbocycles.